The SMILES string of the molecule is CC/C=C\C/C=C\C/C=C\C/C=C\C/C=C\C/C=C\C/C=C\C/C=C\CCCCCCCCCCCCCCCCCCC(=O)NC(COC1OC(CO)C(OC2OC(CO)C(OC3OC(CO)C(O)C(O)C3O)C(O)C2O)C(O)C1O)C(O)/C=C/CC/C=C/CC/C=C/CCCCCCCCCC. The summed E-state index contributed by atoms with van der Waals surface area (Å²) in [7, 11) is 0. The van der Waals surface area contributed by atoms with Crippen LogP contribution in [0.2, 0.25) is 0 Å². The molecule has 19 nitrogen and oxygen atoms in total. The Morgan fingerprint density at radius 3 is 1.08 bits per heavy atom. The van der Waals surface area contributed by atoms with Crippen molar-refractivity contribution in [2.24, 2.45) is 0 Å². The van der Waals surface area contributed by atoms with Crippen LogP contribution >= 0.6 is 0 Å². The third-order valence-electron chi connectivity index (χ3n) is 19.2. The Hall–Kier alpha value is -4.07. The number of aliphatic hydroxyl groups excluding tert-OH is 11. The zero-order valence-electron chi connectivity index (χ0n) is 63.7. The van der Waals surface area contributed by atoms with E-state index in [2.05, 4.69) is 141 Å². The molecule has 19 heteroatoms. The van der Waals surface area contributed by atoms with Gasteiger partial charge >= 0.3 is 0 Å². The Morgan fingerprint density at radius 2 is 0.673 bits per heavy atom. The van der Waals surface area contributed by atoms with Gasteiger partial charge in [-0.3, -0.25) is 4.79 Å². The van der Waals surface area contributed by atoms with Crippen molar-refractivity contribution in [2.75, 3.05) is 26.4 Å². The summed E-state index contributed by atoms with van der Waals surface area (Å²) in [6.45, 7) is 1.59. The average Bonchev–Trinajstić information content (AvgIpc) is 0.783. The molecule has 0 spiro atoms. The Balaban J connectivity index is 1.33. The lowest BCUT2D eigenvalue weighted by atomic mass is 9.96. The van der Waals surface area contributed by atoms with Crippen molar-refractivity contribution in [1.29, 1.82) is 0 Å². The van der Waals surface area contributed by atoms with Crippen LogP contribution in [0, 0.1) is 0 Å². The second-order valence-corrected chi connectivity index (χ2v) is 28.1. The van der Waals surface area contributed by atoms with Gasteiger partial charge in [0.2, 0.25) is 5.91 Å². The van der Waals surface area contributed by atoms with Gasteiger partial charge in [-0.2, -0.15) is 0 Å². The molecule has 104 heavy (non-hydrogen) atoms. The molecule has 0 aromatic rings. The summed E-state index contributed by atoms with van der Waals surface area (Å²) in [4.78, 5) is 13.5. The fourth-order valence-corrected chi connectivity index (χ4v) is 12.7. The molecule has 12 N–H and O–H groups in total. The number of ether oxygens (including phenoxy) is 6. The number of aliphatic hydroxyl groups is 11. The van der Waals surface area contributed by atoms with Crippen LogP contribution in [0.3, 0.4) is 0 Å². The largest absolute Gasteiger partial charge is 0.394 e. The number of rotatable bonds is 62. The lowest BCUT2D eigenvalue weighted by Crippen LogP contribution is -2.66. The van der Waals surface area contributed by atoms with Gasteiger partial charge in [0.1, 0.15) is 73.2 Å². The lowest BCUT2D eigenvalue weighted by Gasteiger charge is -2.48. The molecule has 0 aromatic carbocycles. The van der Waals surface area contributed by atoms with E-state index in [4.69, 9.17) is 28.4 Å². The maximum Gasteiger partial charge on any atom is 0.220 e. The first-order chi connectivity index (χ1) is 50.8. The molecule has 3 aliphatic heterocycles. The fourth-order valence-electron chi connectivity index (χ4n) is 12.7. The van der Waals surface area contributed by atoms with Gasteiger partial charge in [-0.15, -0.1) is 0 Å². The Kier molecular flexibility index (Phi) is 57.8. The minimum Gasteiger partial charge on any atom is -0.394 e. The van der Waals surface area contributed by atoms with Gasteiger partial charge in [0.05, 0.1) is 38.6 Å². The predicted octanol–water partition coefficient (Wildman–Crippen LogP) is 13.7. The number of unbranched alkanes of at least 4 members (excludes halogenated alkanes) is 26. The molecule has 0 radical (unpaired) electrons. The highest BCUT2D eigenvalue weighted by atomic mass is 16.8. The number of amides is 1. The van der Waals surface area contributed by atoms with Crippen LogP contribution in [0.5, 0.6) is 0 Å². The number of allylic oxidation sites excluding steroid dienone is 21. The summed E-state index contributed by atoms with van der Waals surface area (Å²) in [6, 6.07) is -1.00. The van der Waals surface area contributed by atoms with Crippen molar-refractivity contribution in [3.8, 4) is 0 Å². The molecule has 596 valence electrons. The maximum absolute atomic E-state index is 13.5. The van der Waals surface area contributed by atoms with Crippen LogP contribution < -0.4 is 5.32 Å². The van der Waals surface area contributed by atoms with Gasteiger partial charge in [0.15, 0.2) is 18.9 Å². The quantitative estimate of drug-likeness (QED) is 0.0199. The summed E-state index contributed by atoms with van der Waals surface area (Å²) in [5.74, 6) is -0.292. The monoisotopic (exact) mass is 1470 g/mol. The van der Waals surface area contributed by atoms with Crippen LogP contribution in [0.1, 0.15) is 264 Å². The van der Waals surface area contributed by atoms with Crippen molar-refractivity contribution in [3.63, 3.8) is 0 Å². The second kappa shape index (κ2) is 63.8. The van der Waals surface area contributed by atoms with Crippen molar-refractivity contribution < 1.29 is 89.4 Å². The van der Waals surface area contributed by atoms with Crippen LogP contribution in [-0.2, 0) is 33.2 Å². The highest BCUT2D eigenvalue weighted by Gasteiger charge is 2.54. The van der Waals surface area contributed by atoms with Gasteiger partial charge in [-0.25, -0.2) is 0 Å². The van der Waals surface area contributed by atoms with Gasteiger partial charge in [-0.05, 0) is 109 Å². The zero-order valence-corrected chi connectivity index (χ0v) is 63.7. The Labute approximate surface area is 626 Å². The molecule has 3 saturated heterocycles. The molecule has 0 bridgehead atoms. The lowest BCUT2D eigenvalue weighted by molar-refractivity contribution is -0.379. The third kappa shape index (κ3) is 43.2. The number of hydrogen-bond donors (Lipinski definition) is 12. The molecule has 3 heterocycles. The molecule has 3 aliphatic rings. The van der Waals surface area contributed by atoms with E-state index in [1.807, 2.05) is 6.08 Å². The van der Waals surface area contributed by atoms with Crippen molar-refractivity contribution in [2.45, 2.75) is 369 Å². The third-order valence-corrected chi connectivity index (χ3v) is 19.2. The van der Waals surface area contributed by atoms with Crippen LogP contribution in [0.25, 0.3) is 0 Å². The molecule has 0 saturated carbocycles. The first-order valence-corrected chi connectivity index (χ1v) is 40.4. The molecular formula is C85H143NO18. The number of hydrogen-bond acceptors (Lipinski definition) is 18. The minimum absolute atomic E-state index is 0.226. The topological polar surface area (TPSA) is 307 Å². The molecule has 0 aliphatic carbocycles. The predicted molar refractivity (Wildman–Crippen MR) is 415 cm³/mol. The molecule has 3 fully saturated rings. The first-order valence-electron chi connectivity index (χ1n) is 40.4. The molecule has 17 atom stereocenters. The van der Waals surface area contributed by atoms with Crippen LogP contribution in [0.4, 0.5) is 0 Å². The van der Waals surface area contributed by atoms with Gasteiger partial charge in [0.25, 0.3) is 0 Å². The van der Waals surface area contributed by atoms with E-state index >= 15 is 0 Å². The maximum atomic E-state index is 13.5. The summed E-state index contributed by atoms with van der Waals surface area (Å²) < 4.78 is 34.4. The standard InChI is InChI=1S/C85H143NO18/c1-3-5-7-9-11-13-15-17-19-21-23-24-25-26-27-28-29-30-31-32-33-34-35-36-37-38-39-40-41-42-43-44-45-47-49-51-53-55-57-59-61-63-73(91)86-68(69(90)62-60-58-56-54-52-50-48-46-22-20-18-16-14-12-10-8-6-4-2)67-99-83-79(97)76(94)81(71(65-88)101-83)104-85-80(98)77(95)82(72(66-89)102-85)103-84-78(96)75(93)74(92)70(64-87)100-84/h5,7,11,13,17,19,22-24,26-27,29-30,32-33,35-36,46,52,54,60,62,68-72,74-85,87-90,92-98H,3-4,6,8-10,12,14-16,18,20-21,25,28,31,34,37-45,47-51,53,55-59,61,63-67H2,1-2H3,(H,86,91)/b7-5-,13-11-,19-17-,24-23-,27-26-,30-29-,33-32-,36-35-,46-22+,54-52+,62-60+. The summed E-state index contributed by atoms with van der Waals surface area (Å²) in [5.41, 5.74) is 0. The van der Waals surface area contributed by atoms with E-state index in [1.165, 1.54) is 122 Å². The van der Waals surface area contributed by atoms with E-state index in [-0.39, 0.29) is 18.9 Å². The Bertz CT molecular complexity index is 2400. The van der Waals surface area contributed by atoms with Gasteiger partial charge < -0.3 is 89.9 Å². The molecule has 0 aromatic heterocycles. The van der Waals surface area contributed by atoms with E-state index in [0.717, 1.165) is 109 Å². The van der Waals surface area contributed by atoms with Crippen molar-refractivity contribution >= 4 is 5.91 Å². The smallest absolute Gasteiger partial charge is 0.220 e. The number of carbonyl (C=O) groups is 1. The van der Waals surface area contributed by atoms with Gasteiger partial charge in [0, 0.05) is 6.42 Å². The molecule has 1 amide bonds. The first kappa shape index (κ1) is 94.1. The fraction of sp³-hybridized carbons (Fsp3) is 0.729. The second-order valence-electron chi connectivity index (χ2n) is 28.1. The summed E-state index contributed by atoms with van der Waals surface area (Å²) in [5, 5.41) is 121. The van der Waals surface area contributed by atoms with Crippen LogP contribution in [-0.4, -0.2) is 193 Å². The normalized spacial score (nSPS) is 26.6. The zero-order chi connectivity index (χ0) is 75.3. The van der Waals surface area contributed by atoms with Gasteiger partial charge in [-0.1, -0.05) is 282 Å². The highest BCUT2D eigenvalue weighted by molar-refractivity contribution is 5.76. The van der Waals surface area contributed by atoms with Crippen LogP contribution in [0.15, 0.2) is 134 Å². The number of nitrogens with one attached hydrogen (secondary N) is 1. The average molecular weight is 1470 g/mol. The molecule has 17 unspecified atom stereocenters. The summed E-state index contributed by atoms with van der Waals surface area (Å²) in [6.07, 6.45) is 64.4. The molecule has 3 rings (SSSR count). The number of carbonyl (C=O) groups excluding carboxylic acids is 1. The van der Waals surface area contributed by atoms with Crippen molar-refractivity contribution in [3.05, 3.63) is 134 Å². The Morgan fingerprint density at radius 1 is 0.356 bits per heavy atom. The van der Waals surface area contributed by atoms with E-state index in [9.17, 15) is 61.0 Å². The minimum atomic E-state index is -1.99. The van der Waals surface area contributed by atoms with Crippen molar-refractivity contribution in [1.82, 2.24) is 5.32 Å². The highest BCUT2D eigenvalue weighted by Crippen LogP contribution is 2.33. The van der Waals surface area contributed by atoms with E-state index in [0.29, 0.717) is 12.8 Å². The van der Waals surface area contributed by atoms with E-state index < -0.39 is 124 Å². The molecular weight excluding hydrogens is 1320 g/mol. The van der Waals surface area contributed by atoms with E-state index in [1.54, 1.807) is 6.08 Å². The summed E-state index contributed by atoms with van der Waals surface area (Å²) >= 11 is 0.